The third-order valence-corrected chi connectivity index (χ3v) is 1.72. The van der Waals surface area contributed by atoms with Crippen molar-refractivity contribution in [2.24, 2.45) is 11.5 Å². The molecular weight excluding hydrogens is 258 g/mol. The van der Waals surface area contributed by atoms with Crippen LogP contribution < -0.4 is 16.9 Å². The number of ether oxygens (including phenoxy) is 1. The number of nitrogens with one attached hydrogen (secondary N) is 1. The fraction of sp³-hybridized carbons (Fsp3) is 0.700. The van der Waals surface area contributed by atoms with Crippen LogP contribution in [0, 0.1) is 0 Å². The summed E-state index contributed by atoms with van der Waals surface area (Å²) in [4.78, 5) is 37.5. The van der Waals surface area contributed by atoms with Gasteiger partial charge in [0.1, 0.15) is 17.9 Å². The van der Waals surface area contributed by atoms with Gasteiger partial charge in [-0.05, 0) is 20.8 Å². The summed E-state index contributed by atoms with van der Waals surface area (Å²) in [6.07, 6.45) is -1.64. The van der Waals surface area contributed by atoms with E-state index in [9.17, 15) is 14.4 Å². The number of carbonyl (C=O) groups excluding carboxylic acids is 2. The van der Waals surface area contributed by atoms with E-state index >= 15 is 0 Å². The zero-order chi connectivity index (χ0) is 15.3. The molecule has 0 aromatic rings. The molecule has 110 valence electrons. The molecule has 0 aromatic carbocycles. The fourth-order valence-corrected chi connectivity index (χ4v) is 0.943. The molecule has 0 fully saturated rings. The topological polar surface area (TPSA) is 154 Å². The highest BCUT2D eigenvalue weighted by Gasteiger charge is 2.32. The maximum atomic E-state index is 11.4. The van der Waals surface area contributed by atoms with Crippen molar-refractivity contribution in [3.63, 3.8) is 0 Å². The predicted molar refractivity (Wildman–Crippen MR) is 63.7 cm³/mol. The van der Waals surface area contributed by atoms with Crippen molar-refractivity contribution in [2.75, 3.05) is 6.61 Å². The van der Waals surface area contributed by atoms with Crippen LogP contribution in [0.3, 0.4) is 0 Å². The Morgan fingerprint density at radius 3 is 2.16 bits per heavy atom. The van der Waals surface area contributed by atoms with Crippen LogP contribution in [0.5, 0.6) is 0 Å². The van der Waals surface area contributed by atoms with Crippen LogP contribution in [0.4, 0.5) is 4.79 Å². The average molecular weight is 277 g/mol. The standard InChI is InChI=1S/C10H19N3O6/c1-9(2,3)19-8(17)13-18-5-6(14)10(11,12)4-7(15)16/h4-5,11-12H2,1-3H3,(H,13,17)(H,15,16). The fourth-order valence-electron chi connectivity index (χ4n) is 0.943. The van der Waals surface area contributed by atoms with Gasteiger partial charge < -0.3 is 21.3 Å². The molecule has 1 amide bonds. The van der Waals surface area contributed by atoms with E-state index in [1.807, 2.05) is 5.48 Å². The number of ketones is 1. The highest BCUT2D eigenvalue weighted by Crippen LogP contribution is 2.06. The minimum Gasteiger partial charge on any atom is -0.481 e. The molecule has 0 heterocycles. The van der Waals surface area contributed by atoms with E-state index in [1.165, 1.54) is 0 Å². The molecule has 0 aliphatic rings. The molecule has 0 radical (unpaired) electrons. The van der Waals surface area contributed by atoms with E-state index in [1.54, 1.807) is 20.8 Å². The van der Waals surface area contributed by atoms with E-state index in [-0.39, 0.29) is 0 Å². The van der Waals surface area contributed by atoms with E-state index in [4.69, 9.17) is 21.3 Å². The van der Waals surface area contributed by atoms with Crippen molar-refractivity contribution in [1.29, 1.82) is 0 Å². The van der Waals surface area contributed by atoms with Gasteiger partial charge in [0.05, 0.1) is 6.42 Å². The van der Waals surface area contributed by atoms with Gasteiger partial charge in [0, 0.05) is 0 Å². The van der Waals surface area contributed by atoms with Gasteiger partial charge in [-0.25, -0.2) is 4.79 Å². The Kier molecular flexibility index (Phi) is 5.87. The Hall–Kier alpha value is -1.71. The monoisotopic (exact) mass is 277 g/mol. The molecular formula is C10H19N3O6. The summed E-state index contributed by atoms with van der Waals surface area (Å²) in [5.74, 6) is -2.19. The number of hydrogen-bond acceptors (Lipinski definition) is 7. The molecule has 0 unspecified atom stereocenters. The van der Waals surface area contributed by atoms with Crippen LogP contribution >= 0.6 is 0 Å². The van der Waals surface area contributed by atoms with Crippen LogP contribution in [0.2, 0.25) is 0 Å². The number of nitrogens with two attached hydrogens (primary N) is 2. The number of Topliss-reactive ketones (excluding diaryl/α,β-unsaturated/α-hetero) is 1. The molecule has 9 nitrogen and oxygen atoms in total. The zero-order valence-corrected chi connectivity index (χ0v) is 11.1. The molecule has 0 aliphatic heterocycles. The van der Waals surface area contributed by atoms with Crippen LogP contribution in [0.15, 0.2) is 0 Å². The number of amides is 1. The molecule has 0 bridgehead atoms. The first-order chi connectivity index (χ1) is 8.44. The van der Waals surface area contributed by atoms with Crippen LogP contribution in [-0.4, -0.2) is 40.8 Å². The minimum atomic E-state index is -2.05. The van der Waals surface area contributed by atoms with Gasteiger partial charge in [0.15, 0.2) is 5.78 Å². The van der Waals surface area contributed by atoms with E-state index in [0.717, 1.165) is 0 Å². The number of carboxylic acid groups (broad SMARTS) is 1. The number of rotatable bonds is 6. The van der Waals surface area contributed by atoms with E-state index in [2.05, 4.69) is 4.84 Å². The lowest BCUT2D eigenvalue weighted by atomic mass is 10.0. The Balaban J connectivity index is 4.11. The molecule has 0 aromatic heterocycles. The van der Waals surface area contributed by atoms with Gasteiger partial charge in [-0.15, -0.1) is 0 Å². The third-order valence-electron chi connectivity index (χ3n) is 1.72. The van der Waals surface area contributed by atoms with E-state index in [0.29, 0.717) is 0 Å². The Labute approximate surface area is 110 Å². The lowest BCUT2D eigenvalue weighted by Gasteiger charge is -2.21. The summed E-state index contributed by atoms with van der Waals surface area (Å²) in [6.45, 7) is 4.28. The normalized spacial score (nSPS) is 11.8. The van der Waals surface area contributed by atoms with Gasteiger partial charge in [-0.2, -0.15) is 5.48 Å². The zero-order valence-electron chi connectivity index (χ0n) is 11.1. The smallest absolute Gasteiger partial charge is 0.431 e. The SMILES string of the molecule is CC(C)(C)OC(=O)NOCC(=O)C(N)(N)CC(=O)O. The molecule has 0 rings (SSSR count). The summed E-state index contributed by atoms with van der Waals surface area (Å²) in [5.41, 5.74) is 9.69. The van der Waals surface area contributed by atoms with Crippen molar-refractivity contribution < 1.29 is 29.1 Å². The molecule has 19 heavy (non-hydrogen) atoms. The maximum absolute atomic E-state index is 11.4. The van der Waals surface area contributed by atoms with Crippen LogP contribution in [0.1, 0.15) is 27.2 Å². The minimum absolute atomic E-state index is 0.667. The summed E-state index contributed by atoms with van der Waals surface area (Å²) in [5, 5.41) is 8.50. The number of carboxylic acids is 1. The number of hydrogen-bond donors (Lipinski definition) is 4. The number of carbonyl (C=O) groups is 3. The highest BCUT2D eigenvalue weighted by atomic mass is 16.7. The van der Waals surface area contributed by atoms with Crippen molar-refractivity contribution in [1.82, 2.24) is 5.48 Å². The largest absolute Gasteiger partial charge is 0.481 e. The first-order valence-corrected chi connectivity index (χ1v) is 5.38. The van der Waals surface area contributed by atoms with Crippen molar-refractivity contribution in [3.8, 4) is 0 Å². The van der Waals surface area contributed by atoms with Gasteiger partial charge >= 0.3 is 12.1 Å². The Morgan fingerprint density at radius 1 is 1.21 bits per heavy atom. The summed E-state index contributed by atoms with van der Waals surface area (Å²) < 4.78 is 4.83. The summed E-state index contributed by atoms with van der Waals surface area (Å²) in [6, 6.07) is 0. The summed E-state index contributed by atoms with van der Waals surface area (Å²) in [7, 11) is 0. The molecule has 0 aliphatic carbocycles. The Bertz CT molecular complexity index is 361. The average Bonchev–Trinajstić information content (AvgIpc) is 2.11. The summed E-state index contributed by atoms with van der Waals surface area (Å²) >= 11 is 0. The van der Waals surface area contributed by atoms with Gasteiger partial charge in [0.25, 0.3) is 0 Å². The van der Waals surface area contributed by atoms with Crippen molar-refractivity contribution in [2.45, 2.75) is 38.5 Å². The van der Waals surface area contributed by atoms with E-state index < -0.39 is 42.1 Å². The second-order valence-electron chi connectivity index (χ2n) is 4.93. The molecule has 0 spiro atoms. The van der Waals surface area contributed by atoms with Gasteiger partial charge in [-0.3, -0.25) is 14.4 Å². The van der Waals surface area contributed by atoms with Crippen molar-refractivity contribution in [3.05, 3.63) is 0 Å². The third kappa shape index (κ3) is 8.08. The number of aliphatic carboxylic acids is 1. The molecule has 9 heteroatoms. The molecule has 0 saturated carbocycles. The number of hydroxylamine groups is 1. The lowest BCUT2D eigenvalue weighted by molar-refractivity contribution is -0.143. The molecule has 6 N–H and O–H groups in total. The lowest BCUT2D eigenvalue weighted by Crippen LogP contribution is -2.59. The second-order valence-corrected chi connectivity index (χ2v) is 4.93. The molecule has 0 atom stereocenters. The first-order valence-electron chi connectivity index (χ1n) is 5.38. The van der Waals surface area contributed by atoms with Crippen LogP contribution in [-0.2, 0) is 19.2 Å². The maximum Gasteiger partial charge on any atom is 0.431 e. The van der Waals surface area contributed by atoms with Gasteiger partial charge in [-0.1, -0.05) is 0 Å². The first kappa shape index (κ1) is 17.3. The second kappa shape index (κ2) is 6.45. The highest BCUT2D eigenvalue weighted by molar-refractivity contribution is 5.92. The Morgan fingerprint density at radius 2 is 1.74 bits per heavy atom. The predicted octanol–water partition coefficient (Wildman–Crippen LogP) is -0.900. The molecule has 0 saturated heterocycles. The van der Waals surface area contributed by atoms with Gasteiger partial charge in [0.2, 0.25) is 0 Å². The quantitative estimate of drug-likeness (QED) is 0.359. The van der Waals surface area contributed by atoms with Crippen molar-refractivity contribution >= 4 is 17.8 Å². The van der Waals surface area contributed by atoms with Crippen LogP contribution in [0.25, 0.3) is 0 Å².